The molecule has 0 spiro atoms. The van der Waals surface area contributed by atoms with E-state index in [1.54, 1.807) is 20.8 Å². The predicted octanol–water partition coefficient (Wildman–Crippen LogP) is 1.57. The molecule has 0 heterocycles. The van der Waals surface area contributed by atoms with E-state index in [0.717, 1.165) is 6.07 Å². The Morgan fingerprint density at radius 2 is 1.94 bits per heavy atom. The molecule has 0 amide bonds. The maximum absolute atomic E-state index is 12.9. The van der Waals surface area contributed by atoms with Crippen LogP contribution in [0.3, 0.4) is 0 Å². The fourth-order valence-electron chi connectivity index (χ4n) is 1.27. The molecule has 0 aliphatic carbocycles. The highest BCUT2D eigenvalue weighted by atomic mass is 35.5. The lowest BCUT2D eigenvalue weighted by Crippen LogP contribution is -2.45. The highest BCUT2D eigenvalue weighted by molar-refractivity contribution is 7.89. The maximum Gasteiger partial charge on any atom is 0.240 e. The molecule has 0 fully saturated rings. The Hall–Kier alpha value is -0.690. The highest BCUT2D eigenvalue weighted by Crippen LogP contribution is 2.16. The Balaban J connectivity index is 0.00000289. The zero-order valence-corrected chi connectivity index (χ0v) is 12.2. The number of hydrogen-bond acceptors (Lipinski definition) is 3. The second-order valence-corrected chi connectivity index (χ2v) is 6.46. The van der Waals surface area contributed by atoms with Gasteiger partial charge in [-0.25, -0.2) is 17.5 Å². The Labute approximate surface area is 113 Å². The normalized spacial score (nSPS) is 12.1. The third-order valence-electron chi connectivity index (χ3n) is 2.14. The molecule has 0 unspecified atom stereocenters. The van der Waals surface area contributed by atoms with Crippen LogP contribution in [-0.4, -0.2) is 20.5 Å². The third-order valence-corrected chi connectivity index (χ3v) is 3.71. The standard InChI is InChI=1S/C11H17FN2O2S.ClH/c1-8-6-9(12)4-5-10(8)17(15,16)14-7-11(2,3)13;/h4-6,14H,7,13H2,1-3H3;1H. The highest BCUT2D eigenvalue weighted by Gasteiger charge is 2.20. The topological polar surface area (TPSA) is 72.2 Å². The van der Waals surface area contributed by atoms with Gasteiger partial charge in [-0.3, -0.25) is 0 Å². The van der Waals surface area contributed by atoms with Crippen LogP contribution in [0.1, 0.15) is 19.4 Å². The van der Waals surface area contributed by atoms with Crippen molar-refractivity contribution in [1.29, 1.82) is 0 Å². The number of aryl methyl sites for hydroxylation is 1. The summed E-state index contributed by atoms with van der Waals surface area (Å²) < 4.78 is 39.1. The summed E-state index contributed by atoms with van der Waals surface area (Å²) in [6, 6.07) is 3.55. The second kappa shape index (κ2) is 5.97. The van der Waals surface area contributed by atoms with Gasteiger partial charge in [-0.15, -0.1) is 12.4 Å². The Kier molecular flexibility index (Phi) is 5.74. The SMILES string of the molecule is Cc1cc(F)ccc1S(=O)(=O)NCC(C)(C)N.Cl. The zero-order valence-electron chi connectivity index (χ0n) is 10.5. The van der Waals surface area contributed by atoms with E-state index in [4.69, 9.17) is 5.73 Å². The molecule has 1 aromatic rings. The quantitative estimate of drug-likeness (QED) is 0.886. The summed E-state index contributed by atoms with van der Waals surface area (Å²) in [6.45, 7) is 5.09. The number of benzene rings is 1. The number of halogens is 2. The molecule has 0 aromatic heterocycles. The monoisotopic (exact) mass is 296 g/mol. The zero-order chi connectivity index (χ0) is 13.3. The first-order chi connectivity index (χ1) is 7.62. The first-order valence-corrected chi connectivity index (χ1v) is 6.65. The van der Waals surface area contributed by atoms with Gasteiger partial charge in [0.25, 0.3) is 0 Å². The molecule has 3 N–H and O–H groups in total. The first-order valence-electron chi connectivity index (χ1n) is 5.16. The summed E-state index contributed by atoms with van der Waals surface area (Å²) in [5.41, 5.74) is 5.43. The molecular formula is C11H18ClFN2O2S. The van der Waals surface area contributed by atoms with Gasteiger partial charge in [0.1, 0.15) is 5.82 Å². The van der Waals surface area contributed by atoms with Crippen molar-refractivity contribution in [2.45, 2.75) is 31.2 Å². The molecule has 18 heavy (non-hydrogen) atoms. The predicted molar refractivity (Wildman–Crippen MR) is 71.8 cm³/mol. The van der Waals surface area contributed by atoms with Gasteiger partial charge in [-0.2, -0.15) is 0 Å². The molecular weight excluding hydrogens is 279 g/mol. The maximum atomic E-state index is 12.9. The van der Waals surface area contributed by atoms with Crippen LogP contribution in [0.2, 0.25) is 0 Å². The number of hydrogen-bond donors (Lipinski definition) is 2. The van der Waals surface area contributed by atoms with Gasteiger partial charge in [0.15, 0.2) is 0 Å². The smallest absolute Gasteiger partial charge is 0.240 e. The first kappa shape index (κ1) is 17.3. The fourth-order valence-corrected chi connectivity index (χ4v) is 2.72. The van der Waals surface area contributed by atoms with Gasteiger partial charge in [0.2, 0.25) is 10.0 Å². The second-order valence-electron chi connectivity index (χ2n) is 4.72. The van der Waals surface area contributed by atoms with Gasteiger partial charge in [0.05, 0.1) is 4.90 Å². The molecule has 0 aliphatic heterocycles. The number of sulfonamides is 1. The lowest BCUT2D eigenvalue weighted by molar-refractivity contribution is 0.497. The van der Waals surface area contributed by atoms with Crippen LogP contribution in [0, 0.1) is 12.7 Å². The number of rotatable bonds is 4. The molecule has 0 saturated carbocycles. The van der Waals surface area contributed by atoms with E-state index in [2.05, 4.69) is 4.72 Å². The minimum atomic E-state index is -3.64. The van der Waals surface area contributed by atoms with Crippen molar-refractivity contribution in [2.24, 2.45) is 5.73 Å². The van der Waals surface area contributed by atoms with Crippen LogP contribution >= 0.6 is 12.4 Å². The van der Waals surface area contributed by atoms with E-state index in [1.807, 2.05) is 0 Å². The van der Waals surface area contributed by atoms with Gasteiger partial charge in [-0.05, 0) is 44.5 Å². The van der Waals surface area contributed by atoms with Crippen molar-refractivity contribution < 1.29 is 12.8 Å². The average molecular weight is 297 g/mol. The average Bonchev–Trinajstić information content (AvgIpc) is 2.13. The number of nitrogens with one attached hydrogen (secondary N) is 1. The third kappa shape index (κ3) is 4.89. The van der Waals surface area contributed by atoms with Crippen LogP contribution in [0.25, 0.3) is 0 Å². The van der Waals surface area contributed by atoms with Crippen LogP contribution in [-0.2, 0) is 10.0 Å². The molecule has 4 nitrogen and oxygen atoms in total. The summed E-state index contributed by atoms with van der Waals surface area (Å²) in [5, 5.41) is 0. The van der Waals surface area contributed by atoms with Gasteiger partial charge in [-0.1, -0.05) is 0 Å². The molecule has 0 bridgehead atoms. The molecule has 0 radical (unpaired) electrons. The van der Waals surface area contributed by atoms with Crippen molar-refractivity contribution in [1.82, 2.24) is 4.72 Å². The van der Waals surface area contributed by atoms with Crippen molar-refractivity contribution in [3.05, 3.63) is 29.6 Å². The number of nitrogens with two attached hydrogens (primary N) is 1. The molecule has 1 aromatic carbocycles. The summed E-state index contributed by atoms with van der Waals surface area (Å²) in [6.07, 6.45) is 0. The van der Waals surface area contributed by atoms with Gasteiger partial charge in [0, 0.05) is 12.1 Å². The van der Waals surface area contributed by atoms with Crippen LogP contribution in [0.15, 0.2) is 23.1 Å². The Bertz CT molecular complexity index is 512. The van der Waals surface area contributed by atoms with E-state index < -0.39 is 21.4 Å². The van der Waals surface area contributed by atoms with Crippen molar-refractivity contribution in [3.8, 4) is 0 Å². The molecule has 0 atom stereocenters. The molecule has 0 saturated heterocycles. The van der Waals surface area contributed by atoms with Crippen molar-refractivity contribution in [3.63, 3.8) is 0 Å². The summed E-state index contributed by atoms with van der Waals surface area (Å²) in [4.78, 5) is 0.0724. The Morgan fingerprint density at radius 3 is 2.39 bits per heavy atom. The summed E-state index contributed by atoms with van der Waals surface area (Å²) >= 11 is 0. The van der Waals surface area contributed by atoms with Crippen LogP contribution in [0.5, 0.6) is 0 Å². The molecule has 0 aliphatic rings. The van der Waals surface area contributed by atoms with Gasteiger partial charge < -0.3 is 5.73 Å². The molecule has 1 rings (SSSR count). The fraction of sp³-hybridized carbons (Fsp3) is 0.455. The van der Waals surface area contributed by atoms with Crippen LogP contribution < -0.4 is 10.5 Å². The van der Waals surface area contributed by atoms with E-state index in [9.17, 15) is 12.8 Å². The van der Waals surface area contributed by atoms with Gasteiger partial charge >= 0.3 is 0 Å². The van der Waals surface area contributed by atoms with E-state index >= 15 is 0 Å². The molecule has 104 valence electrons. The lowest BCUT2D eigenvalue weighted by atomic mass is 10.1. The Morgan fingerprint density at radius 1 is 1.39 bits per heavy atom. The van der Waals surface area contributed by atoms with E-state index in [0.29, 0.717) is 5.56 Å². The lowest BCUT2D eigenvalue weighted by Gasteiger charge is -2.19. The largest absolute Gasteiger partial charge is 0.324 e. The minimum Gasteiger partial charge on any atom is -0.324 e. The van der Waals surface area contributed by atoms with Crippen molar-refractivity contribution in [2.75, 3.05) is 6.54 Å². The summed E-state index contributed by atoms with van der Waals surface area (Å²) in [5.74, 6) is -0.458. The van der Waals surface area contributed by atoms with E-state index in [-0.39, 0.29) is 23.8 Å². The summed E-state index contributed by atoms with van der Waals surface area (Å²) in [7, 11) is -3.64. The van der Waals surface area contributed by atoms with Crippen molar-refractivity contribution >= 4 is 22.4 Å². The van der Waals surface area contributed by atoms with E-state index in [1.165, 1.54) is 12.1 Å². The minimum absolute atomic E-state index is 0. The van der Waals surface area contributed by atoms with Crippen LogP contribution in [0.4, 0.5) is 4.39 Å². The molecule has 7 heteroatoms.